The Bertz CT molecular complexity index is 135. The third-order valence-corrected chi connectivity index (χ3v) is 3.53. The first kappa shape index (κ1) is 8.21. The smallest absolute Gasteiger partial charge is 0.0668 e. The van der Waals surface area contributed by atoms with Gasteiger partial charge in [0.15, 0.2) is 0 Å². The van der Waals surface area contributed by atoms with E-state index in [9.17, 15) is 4.21 Å². The minimum atomic E-state index is -0.568. The van der Waals surface area contributed by atoms with Crippen LogP contribution in [0.15, 0.2) is 0 Å². The highest BCUT2D eigenvalue weighted by atomic mass is 32.2. The summed E-state index contributed by atoms with van der Waals surface area (Å²) in [6.07, 6.45) is 1.88. The number of ether oxygens (including phenoxy) is 1. The van der Waals surface area contributed by atoms with Crippen LogP contribution in [0.5, 0.6) is 0 Å². The highest BCUT2D eigenvalue weighted by Gasteiger charge is 2.28. The molecular formula is C7H14O2S. The average Bonchev–Trinajstić information content (AvgIpc) is 1.96. The van der Waals surface area contributed by atoms with E-state index in [0.29, 0.717) is 0 Å². The first-order valence-corrected chi connectivity index (χ1v) is 5.05. The molecule has 2 nitrogen and oxygen atoms in total. The van der Waals surface area contributed by atoms with Crippen LogP contribution in [0, 0.1) is 0 Å². The van der Waals surface area contributed by atoms with Crippen molar-refractivity contribution < 1.29 is 8.95 Å². The molecule has 0 N–H and O–H groups in total. The summed E-state index contributed by atoms with van der Waals surface area (Å²) in [5.41, 5.74) is 0.00785. The third kappa shape index (κ3) is 1.80. The van der Waals surface area contributed by atoms with Crippen LogP contribution in [0.2, 0.25) is 0 Å². The summed E-state index contributed by atoms with van der Waals surface area (Å²) in [7, 11) is 1.16. The first-order chi connectivity index (χ1) is 4.66. The molecule has 0 amide bonds. The van der Waals surface area contributed by atoms with E-state index in [1.165, 1.54) is 0 Å². The van der Waals surface area contributed by atoms with Gasteiger partial charge in [-0.05, 0) is 19.8 Å². The average molecular weight is 162 g/mol. The van der Waals surface area contributed by atoms with E-state index in [1.807, 2.05) is 0 Å². The second-order valence-electron chi connectivity index (χ2n) is 3.00. The van der Waals surface area contributed by atoms with Crippen molar-refractivity contribution in [1.82, 2.24) is 0 Å². The molecule has 0 bridgehead atoms. The second-order valence-corrected chi connectivity index (χ2v) is 4.70. The molecule has 0 radical (unpaired) electrons. The van der Waals surface area contributed by atoms with Crippen LogP contribution in [0.25, 0.3) is 0 Å². The summed E-state index contributed by atoms with van der Waals surface area (Å²) in [5, 5.41) is 0. The van der Waals surface area contributed by atoms with Gasteiger partial charge >= 0.3 is 0 Å². The molecule has 1 fully saturated rings. The lowest BCUT2D eigenvalue weighted by atomic mass is 10.00. The molecule has 0 aromatic rings. The van der Waals surface area contributed by atoms with Crippen LogP contribution in [0.1, 0.15) is 19.8 Å². The van der Waals surface area contributed by atoms with Crippen molar-refractivity contribution in [3.8, 4) is 0 Å². The molecule has 10 heavy (non-hydrogen) atoms. The normalized spacial score (nSPS) is 41.6. The molecule has 0 aromatic heterocycles. The zero-order chi connectivity index (χ0) is 7.61. The Morgan fingerprint density at radius 2 is 1.90 bits per heavy atom. The van der Waals surface area contributed by atoms with E-state index in [-0.39, 0.29) is 5.60 Å². The summed E-state index contributed by atoms with van der Waals surface area (Å²) in [5.74, 6) is 1.62. The van der Waals surface area contributed by atoms with Gasteiger partial charge in [0, 0.05) is 29.4 Å². The van der Waals surface area contributed by atoms with Gasteiger partial charge in [-0.25, -0.2) is 0 Å². The Hall–Kier alpha value is 0.110. The van der Waals surface area contributed by atoms with E-state index in [2.05, 4.69) is 6.92 Å². The van der Waals surface area contributed by atoms with E-state index in [1.54, 1.807) is 7.11 Å². The maximum Gasteiger partial charge on any atom is 0.0668 e. The largest absolute Gasteiger partial charge is 0.378 e. The van der Waals surface area contributed by atoms with Crippen molar-refractivity contribution in [3.05, 3.63) is 0 Å². The lowest BCUT2D eigenvalue weighted by molar-refractivity contribution is -0.00109. The SMILES string of the molecule is COC1(C)CCS(=O)CC1. The molecule has 0 unspecified atom stereocenters. The van der Waals surface area contributed by atoms with Crippen LogP contribution >= 0.6 is 0 Å². The number of hydrogen-bond acceptors (Lipinski definition) is 2. The van der Waals surface area contributed by atoms with Crippen LogP contribution < -0.4 is 0 Å². The molecular weight excluding hydrogens is 148 g/mol. The third-order valence-electron chi connectivity index (χ3n) is 2.21. The molecule has 0 aliphatic carbocycles. The molecule has 1 aliphatic rings. The Balaban J connectivity index is 2.46. The minimum absolute atomic E-state index is 0.00785. The van der Waals surface area contributed by atoms with Gasteiger partial charge in [0.05, 0.1) is 5.60 Å². The summed E-state index contributed by atoms with van der Waals surface area (Å²) in [6.45, 7) is 2.09. The fourth-order valence-electron chi connectivity index (χ4n) is 1.09. The monoisotopic (exact) mass is 162 g/mol. The number of rotatable bonds is 1. The number of methoxy groups -OCH3 is 1. The highest BCUT2D eigenvalue weighted by Crippen LogP contribution is 2.24. The lowest BCUT2D eigenvalue weighted by Crippen LogP contribution is -2.35. The minimum Gasteiger partial charge on any atom is -0.378 e. The molecule has 3 heteroatoms. The van der Waals surface area contributed by atoms with Crippen molar-refractivity contribution in [1.29, 1.82) is 0 Å². The van der Waals surface area contributed by atoms with Crippen molar-refractivity contribution in [2.45, 2.75) is 25.4 Å². The Labute approximate surface area is 64.4 Å². The molecule has 0 spiro atoms. The van der Waals surface area contributed by atoms with Gasteiger partial charge in [-0.15, -0.1) is 0 Å². The summed E-state index contributed by atoms with van der Waals surface area (Å²) >= 11 is 0. The molecule has 1 rings (SSSR count). The lowest BCUT2D eigenvalue weighted by Gasteiger charge is -2.31. The maximum atomic E-state index is 10.9. The summed E-state index contributed by atoms with van der Waals surface area (Å²) in [6, 6.07) is 0. The first-order valence-electron chi connectivity index (χ1n) is 3.56. The molecule has 0 atom stereocenters. The quantitative estimate of drug-likeness (QED) is 0.573. The van der Waals surface area contributed by atoms with E-state index in [0.717, 1.165) is 24.3 Å². The van der Waals surface area contributed by atoms with Gasteiger partial charge in [0.2, 0.25) is 0 Å². The van der Waals surface area contributed by atoms with Crippen LogP contribution in [-0.4, -0.2) is 28.4 Å². The summed E-state index contributed by atoms with van der Waals surface area (Å²) < 4.78 is 16.2. The van der Waals surface area contributed by atoms with Crippen LogP contribution in [0.3, 0.4) is 0 Å². The Morgan fingerprint density at radius 1 is 1.40 bits per heavy atom. The summed E-state index contributed by atoms with van der Waals surface area (Å²) in [4.78, 5) is 0. The Morgan fingerprint density at radius 3 is 2.30 bits per heavy atom. The molecule has 0 aromatic carbocycles. The van der Waals surface area contributed by atoms with Crippen molar-refractivity contribution in [2.75, 3.05) is 18.6 Å². The second kappa shape index (κ2) is 3.01. The Kier molecular flexibility index (Phi) is 2.47. The van der Waals surface area contributed by atoms with Crippen molar-refractivity contribution >= 4 is 10.8 Å². The molecule has 1 heterocycles. The van der Waals surface area contributed by atoms with Gasteiger partial charge in [0.1, 0.15) is 0 Å². The van der Waals surface area contributed by atoms with E-state index in [4.69, 9.17) is 4.74 Å². The zero-order valence-corrected chi connectivity index (χ0v) is 7.37. The van der Waals surface area contributed by atoms with E-state index < -0.39 is 10.8 Å². The van der Waals surface area contributed by atoms with Crippen LogP contribution in [-0.2, 0) is 15.5 Å². The number of hydrogen-bond donors (Lipinski definition) is 0. The van der Waals surface area contributed by atoms with Gasteiger partial charge in [-0.3, -0.25) is 4.21 Å². The van der Waals surface area contributed by atoms with Gasteiger partial charge in [0.25, 0.3) is 0 Å². The van der Waals surface area contributed by atoms with Crippen molar-refractivity contribution in [3.63, 3.8) is 0 Å². The highest BCUT2D eigenvalue weighted by molar-refractivity contribution is 7.85. The maximum absolute atomic E-state index is 10.9. The molecule has 60 valence electrons. The predicted molar refractivity (Wildman–Crippen MR) is 42.5 cm³/mol. The standard InChI is InChI=1S/C7H14O2S/c1-7(9-2)3-5-10(8)6-4-7/h3-6H2,1-2H3. The van der Waals surface area contributed by atoms with Crippen LogP contribution in [0.4, 0.5) is 0 Å². The topological polar surface area (TPSA) is 26.3 Å². The zero-order valence-electron chi connectivity index (χ0n) is 6.55. The van der Waals surface area contributed by atoms with Gasteiger partial charge in [-0.1, -0.05) is 0 Å². The predicted octanol–water partition coefficient (Wildman–Crippen LogP) is 0.934. The van der Waals surface area contributed by atoms with Gasteiger partial charge < -0.3 is 4.74 Å². The molecule has 0 saturated carbocycles. The fraction of sp³-hybridized carbons (Fsp3) is 1.00. The fourth-order valence-corrected chi connectivity index (χ4v) is 2.61. The van der Waals surface area contributed by atoms with E-state index >= 15 is 0 Å². The molecule has 1 aliphatic heterocycles. The molecule has 1 saturated heterocycles. The van der Waals surface area contributed by atoms with Crippen molar-refractivity contribution in [2.24, 2.45) is 0 Å². The van der Waals surface area contributed by atoms with Gasteiger partial charge in [-0.2, -0.15) is 0 Å².